The van der Waals surface area contributed by atoms with Crippen LogP contribution in [0.25, 0.3) is 0 Å². The number of alkyl halides is 2. The number of hydrogen-bond donors (Lipinski definition) is 3. The number of sulfonamides is 1. The molecule has 2 aliphatic carbocycles. The molecule has 0 bridgehead atoms. The lowest BCUT2D eigenvalue weighted by molar-refractivity contribution is -0.141. The summed E-state index contributed by atoms with van der Waals surface area (Å²) in [4.78, 5) is 71.5. The van der Waals surface area contributed by atoms with Gasteiger partial charge < -0.3 is 25.2 Å². The largest absolute Gasteiger partial charge is 0.444 e. The summed E-state index contributed by atoms with van der Waals surface area (Å²) < 4.78 is 74.9. The number of urea groups is 1. The minimum absolute atomic E-state index is 0.0416. The van der Waals surface area contributed by atoms with Gasteiger partial charge in [-0.15, -0.1) is 0 Å². The molecular formula is C34H41F3N6O8S. The number of carbonyl (C=O) groups is 5. The highest BCUT2D eigenvalue weighted by Gasteiger charge is 2.62. The predicted octanol–water partition coefficient (Wildman–Crippen LogP) is 2.28. The van der Waals surface area contributed by atoms with Gasteiger partial charge in [-0.05, 0) is 50.2 Å². The smallest absolute Gasteiger partial charge is 0.410 e. The van der Waals surface area contributed by atoms with Crippen molar-refractivity contribution in [1.82, 2.24) is 30.1 Å². The van der Waals surface area contributed by atoms with E-state index in [0.29, 0.717) is 49.7 Å². The van der Waals surface area contributed by atoms with Gasteiger partial charge in [-0.1, -0.05) is 37.1 Å². The molecule has 18 heteroatoms. The number of likely N-dealkylation sites (tertiary alicyclic amines) is 1. The number of fused-ring (bicyclic) bond motifs is 3. The van der Waals surface area contributed by atoms with E-state index in [1.807, 2.05) is 6.08 Å². The van der Waals surface area contributed by atoms with Crippen molar-refractivity contribution < 1.29 is 50.3 Å². The maximum atomic E-state index is 14.4. The van der Waals surface area contributed by atoms with Crippen LogP contribution in [0.2, 0.25) is 0 Å². The highest BCUT2D eigenvalue weighted by Crippen LogP contribution is 2.46. The predicted molar refractivity (Wildman–Crippen MR) is 176 cm³/mol. The second-order valence-electron chi connectivity index (χ2n) is 14.7. The Labute approximate surface area is 298 Å². The molecule has 6 amide bonds. The van der Waals surface area contributed by atoms with E-state index in [4.69, 9.17) is 4.74 Å². The fourth-order valence-corrected chi connectivity index (χ4v) is 8.83. The van der Waals surface area contributed by atoms with E-state index in [0.717, 1.165) is 9.80 Å². The molecule has 3 N–H and O–H groups in total. The van der Waals surface area contributed by atoms with E-state index >= 15 is 0 Å². The van der Waals surface area contributed by atoms with Crippen LogP contribution in [-0.2, 0) is 42.2 Å². The minimum atomic E-state index is -3.96. The topological polar surface area (TPSA) is 175 Å². The molecule has 1 aromatic carbocycles. The van der Waals surface area contributed by atoms with E-state index in [1.54, 1.807) is 12.1 Å². The number of nitrogens with one attached hydrogen (secondary N) is 3. The average Bonchev–Trinajstić information content (AvgIpc) is 3.96. The van der Waals surface area contributed by atoms with Crippen LogP contribution in [0.3, 0.4) is 0 Å². The minimum Gasteiger partial charge on any atom is -0.444 e. The number of halogens is 3. The SMILES string of the molecule is O=C1N[C@]2(C(=O)NS(=O)(=O)C3CC3)C[C@H]2/C=C\CCCCC[C@H](NC(=O)N2CC(F)(F)C2)C(=O)N2C[C@H](OC(=O)N3Cc4cccc(F)c4C3)C[C@@H]12. The molecule has 0 aromatic heterocycles. The molecule has 6 aliphatic rings. The second-order valence-corrected chi connectivity index (χ2v) is 16.7. The molecule has 52 heavy (non-hydrogen) atoms. The fourth-order valence-electron chi connectivity index (χ4n) is 7.47. The first kappa shape index (κ1) is 36.0. The molecule has 0 spiro atoms. The number of rotatable bonds is 5. The number of nitrogens with zero attached hydrogens (tertiary/aromatic N) is 3. The van der Waals surface area contributed by atoms with E-state index in [-0.39, 0.29) is 38.9 Å². The summed E-state index contributed by atoms with van der Waals surface area (Å²) >= 11 is 0. The lowest BCUT2D eigenvalue weighted by Crippen LogP contribution is -2.63. The van der Waals surface area contributed by atoms with Crippen LogP contribution < -0.4 is 15.4 Å². The highest BCUT2D eigenvalue weighted by molar-refractivity contribution is 7.91. The Morgan fingerprint density at radius 2 is 1.77 bits per heavy atom. The summed E-state index contributed by atoms with van der Waals surface area (Å²) in [6, 6.07) is 1.13. The first-order valence-corrected chi connectivity index (χ1v) is 19.2. The maximum absolute atomic E-state index is 14.4. The van der Waals surface area contributed by atoms with Crippen LogP contribution in [0.5, 0.6) is 0 Å². The number of benzene rings is 1. The third-order valence-electron chi connectivity index (χ3n) is 10.7. The molecule has 1 aromatic rings. The molecule has 282 valence electrons. The third-order valence-corrected chi connectivity index (χ3v) is 12.5. The van der Waals surface area contributed by atoms with Crippen LogP contribution in [0.15, 0.2) is 30.4 Å². The van der Waals surface area contributed by atoms with Gasteiger partial charge in [0.15, 0.2) is 0 Å². The van der Waals surface area contributed by atoms with Crippen molar-refractivity contribution in [2.45, 2.75) is 106 Å². The van der Waals surface area contributed by atoms with Gasteiger partial charge in [-0.3, -0.25) is 24.0 Å². The Bertz CT molecular complexity index is 1800. The average molecular weight is 751 g/mol. The Balaban J connectivity index is 1.13. The lowest BCUT2D eigenvalue weighted by atomic mass is 10.0. The van der Waals surface area contributed by atoms with Crippen molar-refractivity contribution >= 4 is 39.9 Å². The van der Waals surface area contributed by atoms with Crippen molar-refractivity contribution in [1.29, 1.82) is 0 Å². The number of ether oxygens (including phenoxy) is 1. The zero-order valence-electron chi connectivity index (χ0n) is 28.3. The molecule has 4 fully saturated rings. The van der Waals surface area contributed by atoms with Crippen molar-refractivity contribution in [3.63, 3.8) is 0 Å². The van der Waals surface area contributed by atoms with E-state index in [9.17, 15) is 45.6 Å². The van der Waals surface area contributed by atoms with Gasteiger partial charge in [0.25, 0.3) is 11.8 Å². The van der Waals surface area contributed by atoms with Crippen LogP contribution in [0.1, 0.15) is 68.9 Å². The van der Waals surface area contributed by atoms with Gasteiger partial charge in [-0.25, -0.2) is 31.2 Å². The van der Waals surface area contributed by atoms with Crippen molar-refractivity contribution in [3.05, 3.63) is 47.3 Å². The molecule has 5 atom stereocenters. The Morgan fingerprint density at radius 3 is 2.48 bits per heavy atom. The number of hydrogen-bond acceptors (Lipinski definition) is 8. The van der Waals surface area contributed by atoms with Gasteiger partial charge in [0, 0.05) is 24.4 Å². The third kappa shape index (κ3) is 7.30. The zero-order valence-corrected chi connectivity index (χ0v) is 29.1. The molecule has 4 aliphatic heterocycles. The van der Waals surface area contributed by atoms with E-state index < -0.39 is 99.6 Å². The molecule has 4 heterocycles. The van der Waals surface area contributed by atoms with Crippen molar-refractivity contribution in [2.24, 2.45) is 5.92 Å². The van der Waals surface area contributed by atoms with Gasteiger partial charge in [0.05, 0.1) is 31.4 Å². The first-order valence-electron chi connectivity index (χ1n) is 17.7. The van der Waals surface area contributed by atoms with Crippen LogP contribution in [-0.4, -0.2) is 107 Å². The Hall–Kier alpha value is -4.35. The number of amides is 6. The number of carbonyl (C=O) groups excluding carboxylic acids is 5. The Kier molecular flexibility index (Phi) is 9.40. The van der Waals surface area contributed by atoms with Gasteiger partial charge in [0.2, 0.25) is 21.8 Å². The van der Waals surface area contributed by atoms with Gasteiger partial charge in [-0.2, -0.15) is 0 Å². The summed E-state index contributed by atoms with van der Waals surface area (Å²) in [5.74, 6) is -6.40. The van der Waals surface area contributed by atoms with Gasteiger partial charge in [0.1, 0.15) is 29.5 Å². The van der Waals surface area contributed by atoms with Crippen LogP contribution in [0, 0.1) is 11.7 Å². The zero-order chi connectivity index (χ0) is 37.0. The Morgan fingerprint density at radius 1 is 1.00 bits per heavy atom. The normalized spacial score (nSPS) is 30.7. The van der Waals surface area contributed by atoms with Crippen LogP contribution in [0.4, 0.5) is 22.8 Å². The molecule has 14 nitrogen and oxygen atoms in total. The standard InChI is InChI=1S/C34H41F3N6O8S/c35-25-9-6-7-20-15-41(17-24(20)25)32(48)51-22-13-27-28(44)39-34(30(46)40-52(49,50)23-11-12-23)14-21(34)8-4-2-1-3-5-10-26(29(45)43(27)16-22)38-31(47)42-18-33(36,37)19-42/h4,6-9,21-23,26-27H,1-3,5,10-19H2,(H,38,47)(H,39,44)(H,40,46)/b8-4-/t21-,22-,26+,27+,34-/m1/s1. The monoisotopic (exact) mass is 750 g/mol. The van der Waals surface area contributed by atoms with E-state index in [2.05, 4.69) is 15.4 Å². The fraction of sp³-hybridized carbons (Fsp3) is 0.618. The molecule has 7 rings (SSSR count). The van der Waals surface area contributed by atoms with Crippen molar-refractivity contribution in [3.8, 4) is 0 Å². The summed E-state index contributed by atoms with van der Waals surface area (Å²) in [5, 5.41) is 4.60. The molecule has 2 saturated heterocycles. The summed E-state index contributed by atoms with van der Waals surface area (Å²) in [6.07, 6.45) is 5.10. The quantitative estimate of drug-likeness (QED) is 0.385. The van der Waals surface area contributed by atoms with Gasteiger partial charge >= 0.3 is 12.1 Å². The highest BCUT2D eigenvalue weighted by atomic mass is 32.2. The summed E-state index contributed by atoms with van der Waals surface area (Å²) in [7, 11) is -3.96. The molecule has 0 radical (unpaired) electrons. The maximum Gasteiger partial charge on any atom is 0.410 e. The molecule has 2 saturated carbocycles. The van der Waals surface area contributed by atoms with E-state index in [1.165, 1.54) is 17.0 Å². The summed E-state index contributed by atoms with van der Waals surface area (Å²) in [5.41, 5.74) is -0.641. The number of allylic oxidation sites excluding steroid dienone is 1. The first-order chi connectivity index (χ1) is 24.7. The molecule has 0 unspecified atom stereocenters. The lowest BCUT2D eigenvalue weighted by Gasteiger charge is -2.39. The summed E-state index contributed by atoms with van der Waals surface area (Å²) in [6.45, 7) is -1.83. The van der Waals surface area contributed by atoms with Crippen molar-refractivity contribution in [2.75, 3.05) is 19.6 Å². The van der Waals surface area contributed by atoms with Crippen LogP contribution >= 0.6 is 0 Å². The molecular weight excluding hydrogens is 709 g/mol. The second kappa shape index (κ2) is 13.6.